The highest BCUT2D eigenvalue weighted by molar-refractivity contribution is 6.19. The molecule has 0 saturated heterocycles. The Labute approximate surface area is 103 Å². The number of rotatable bonds is 1. The average molecular weight is 280 g/mol. The Morgan fingerprint density at radius 2 is 1.32 bits per heavy atom. The molecule has 1 aromatic carbocycles. The molecule has 0 fully saturated rings. The summed E-state index contributed by atoms with van der Waals surface area (Å²) < 4.78 is 77.1. The van der Waals surface area contributed by atoms with Crippen molar-refractivity contribution in [3.8, 4) is 0 Å². The van der Waals surface area contributed by atoms with Crippen molar-refractivity contribution in [3.05, 3.63) is 42.0 Å². The van der Waals surface area contributed by atoms with Gasteiger partial charge in [-0.25, -0.2) is 0 Å². The molecule has 0 spiro atoms. The van der Waals surface area contributed by atoms with Crippen LogP contribution in [0.1, 0.15) is 5.56 Å². The highest BCUT2D eigenvalue weighted by Crippen LogP contribution is 2.62. The topological polar surface area (TPSA) is 17.1 Å². The third kappa shape index (κ3) is 1.67. The normalized spacial score (nSPS) is 18.8. The van der Waals surface area contributed by atoms with Crippen LogP contribution in [-0.4, -0.2) is 18.1 Å². The first kappa shape index (κ1) is 13.6. The molecule has 1 aromatic rings. The molecule has 1 nitrogen and oxygen atoms in total. The molecule has 0 aliphatic heterocycles. The minimum atomic E-state index is -5.72. The van der Waals surface area contributed by atoms with Gasteiger partial charge in [-0.1, -0.05) is 30.3 Å². The number of hydrogen-bond acceptors (Lipinski definition) is 1. The summed E-state index contributed by atoms with van der Waals surface area (Å²) in [6, 6.07) is 6.26. The van der Waals surface area contributed by atoms with E-state index in [4.69, 9.17) is 0 Å². The van der Waals surface area contributed by atoms with E-state index >= 15 is 0 Å². The molecule has 19 heavy (non-hydrogen) atoms. The predicted octanol–water partition coefficient (Wildman–Crippen LogP) is 3.76. The quantitative estimate of drug-likeness (QED) is 0.716. The number of ketones is 1. The molecule has 7 heteroatoms. The number of halogens is 6. The summed E-state index contributed by atoms with van der Waals surface area (Å²) in [7, 11) is 0. The molecule has 0 unspecified atom stereocenters. The van der Waals surface area contributed by atoms with Crippen LogP contribution in [0, 0.1) is 5.41 Å². The Hall–Kier alpha value is -1.79. The lowest BCUT2D eigenvalue weighted by Gasteiger charge is -2.42. The Morgan fingerprint density at radius 1 is 0.842 bits per heavy atom. The van der Waals surface area contributed by atoms with Crippen LogP contribution in [0.25, 0.3) is 5.57 Å². The molecule has 102 valence electrons. The second kappa shape index (κ2) is 3.85. The van der Waals surface area contributed by atoms with Gasteiger partial charge in [0, 0.05) is 0 Å². The Kier molecular flexibility index (Phi) is 2.76. The summed E-state index contributed by atoms with van der Waals surface area (Å²) in [5, 5.41) is 0. The molecule has 2 rings (SSSR count). The zero-order chi connectivity index (χ0) is 14.5. The number of carbonyl (C=O) groups excluding carboxylic acids is 1. The zero-order valence-electron chi connectivity index (χ0n) is 9.14. The van der Waals surface area contributed by atoms with Crippen molar-refractivity contribution in [2.75, 3.05) is 0 Å². The second-order valence-electron chi connectivity index (χ2n) is 4.03. The van der Waals surface area contributed by atoms with E-state index in [1.807, 2.05) is 0 Å². The summed E-state index contributed by atoms with van der Waals surface area (Å²) >= 11 is 0. The van der Waals surface area contributed by atoms with E-state index in [1.54, 1.807) is 0 Å². The van der Waals surface area contributed by atoms with Crippen molar-refractivity contribution in [3.63, 3.8) is 0 Å². The van der Waals surface area contributed by atoms with Crippen molar-refractivity contribution in [1.29, 1.82) is 0 Å². The molecule has 0 aromatic heterocycles. The molecule has 1 aliphatic rings. The lowest BCUT2D eigenvalue weighted by molar-refractivity contribution is -0.304. The minimum absolute atomic E-state index is 0.267. The van der Waals surface area contributed by atoms with Gasteiger partial charge in [0.15, 0.2) is 5.78 Å². The van der Waals surface area contributed by atoms with E-state index in [-0.39, 0.29) is 5.56 Å². The first-order valence-electron chi connectivity index (χ1n) is 5.08. The van der Waals surface area contributed by atoms with E-state index in [1.165, 1.54) is 18.2 Å². The van der Waals surface area contributed by atoms with Crippen LogP contribution in [0.3, 0.4) is 0 Å². The molecular weight excluding hydrogens is 274 g/mol. The third-order valence-corrected chi connectivity index (χ3v) is 2.98. The highest BCUT2D eigenvalue weighted by Gasteiger charge is 2.79. The largest absolute Gasteiger partial charge is 0.414 e. The molecular formula is C12H6F6O. The molecule has 0 N–H and O–H groups in total. The van der Waals surface area contributed by atoms with Crippen molar-refractivity contribution >= 4 is 11.4 Å². The Balaban J connectivity index is 2.65. The summed E-state index contributed by atoms with van der Waals surface area (Å²) in [6.45, 7) is 0. The van der Waals surface area contributed by atoms with E-state index in [2.05, 4.69) is 0 Å². The highest BCUT2D eigenvalue weighted by atomic mass is 19.4. The maximum atomic E-state index is 12.9. The van der Waals surface area contributed by atoms with Crippen LogP contribution in [0.4, 0.5) is 26.3 Å². The van der Waals surface area contributed by atoms with Gasteiger partial charge in [-0.3, -0.25) is 4.79 Å². The number of hydrogen-bond donors (Lipinski definition) is 0. The predicted molar refractivity (Wildman–Crippen MR) is 54.0 cm³/mol. The molecule has 0 bridgehead atoms. The smallest absolute Gasteiger partial charge is 0.293 e. The molecule has 0 heterocycles. The van der Waals surface area contributed by atoms with Gasteiger partial charge in [0.05, 0.1) is 0 Å². The zero-order valence-corrected chi connectivity index (χ0v) is 9.14. The maximum Gasteiger partial charge on any atom is 0.414 e. The van der Waals surface area contributed by atoms with Crippen LogP contribution < -0.4 is 0 Å². The van der Waals surface area contributed by atoms with E-state index in [9.17, 15) is 31.1 Å². The van der Waals surface area contributed by atoms with Crippen LogP contribution in [0.2, 0.25) is 0 Å². The van der Waals surface area contributed by atoms with Gasteiger partial charge in [0.2, 0.25) is 5.41 Å². The van der Waals surface area contributed by atoms with Crippen LogP contribution >= 0.6 is 0 Å². The van der Waals surface area contributed by atoms with Crippen LogP contribution in [0.5, 0.6) is 0 Å². The van der Waals surface area contributed by atoms with Crippen molar-refractivity contribution in [2.45, 2.75) is 12.4 Å². The summed E-state index contributed by atoms with van der Waals surface area (Å²) in [6.07, 6.45) is -11.1. The van der Waals surface area contributed by atoms with Gasteiger partial charge < -0.3 is 0 Å². The van der Waals surface area contributed by atoms with Crippen LogP contribution in [-0.2, 0) is 4.79 Å². The molecule has 0 amide bonds. The van der Waals surface area contributed by atoms with E-state index in [0.717, 1.165) is 12.1 Å². The Morgan fingerprint density at radius 3 is 1.68 bits per heavy atom. The van der Waals surface area contributed by atoms with Crippen molar-refractivity contribution in [2.24, 2.45) is 5.41 Å². The third-order valence-electron chi connectivity index (χ3n) is 2.98. The van der Waals surface area contributed by atoms with Gasteiger partial charge in [-0.15, -0.1) is 0 Å². The maximum absolute atomic E-state index is 12.9. The number of alkyl halides is 6. The van der Waals surface area contributed by atoms with E-state index < -0.39 is 29.1 Å². The number of allylic oxidation sites excluding steroid dienone is 2. The second-order valence-corrected chi connectivity index (χ2v) is 4.03. The summed E-state index contributed by atoms with van der Waals surface area (Å²) in [5.41, 5.74) is -5.73. The summed E-state index contributed by atoms with van der Waals surface area (Å²) in [5.74, 6) is -1.98. The molecule has 0 atom stereocenters. The Bertz CT molecular complexity index is 524. The monoisotopic (exact) mass is 280 g/mol. The fourth-order valence-corrected chi connectivity index (χ4v) is 2.07. The van der Waals surface area contributed by atoms with Crippen molar-refractivity contribution in [1.82, 2.24) is 0 Å². The lowest BCUT2D eigenvalue weighted by Crippen LogP contribution is -2.60. The van der Waals surface area contributed by atoms with Gasteiger partial charge in [-0.05, 0) is 17.2 Å². The molecule has 1 aliphatic carbocycles. The number of benzene rings is 1. The van der Waals surface area contributed by atoms with Crippen molar-refractivity contribution < 1.29 is 31.1 Å². The lowest BCUT2D eigenvalue weighted by atomic mass is 9.63. The molecule has 0 radical (unpaired) electrons. The summed E-state index contributed by atoms with van der Waals surface area (Å²) in [4.78, 5) is 11.1. The first-order chi connectivity index (χ1) is 8.62. The molecule has 0 saturated carbocycles. The van der Waals surface area contributed by atoms with E-state index in [0.29, 0.717) is 6.08 Å². The van der Waals surface area contributed by atoms with Gasteiger partial charge >= 0.3 is 12.4 Å². The standard InChI is InChI=1S/C12H6F6O/c13-11(14,15)10(12(16,17)18)8(6-9(10)19)7-4-2-1-3-5-7/h1-6H. The van der Waals surface area contributed by atoms with Crippen LogP contribution in [0.15, 0.2) is 36.4 Å². The van der Waals surface area contributed by atoms with Gasteiger partial charge in [-0.2, -0.15) is 26.3 Å². The van der Waals surface area contributed by atoms with Gasteiger partial charge in [0.25, 0.3) is 0 Å². The minimum Gasteiger partial charge on any atom is -0.293 e. The fraction of sp³-hybridized carbons (Fsp3) is 0.250. The SMILES string of the molecule is O=C1C=C(c2ccccc2)C1(C(F)(F)F)C(F)(F)F. The first-order valence-corrected chi connectivity index (χ1v) is 5.08. The number of carbonyl (C=O) groups is 1. The average Bonchev–Trinajstić information content (AvgIpc) is 2.22. The van der Waals surface area contributed by atoms with Gasteiger partial charge in [0.1, 0.15) is 0 Å². The fourth-order valence-electron chi connectivity index (χ4n) is 2.07.